The van der Waals surface area contributed by atoms with E-state index < -0.39 is 35.3 Å². The lowest BCUT2D eigenvalue weighted by Crippen LogP contribution is -2.22. The molecule has 0 aliphatic heterocycles. The molecule has 0 saturated heterocycles. The zero-order valence-corrected chi connectivity index (χ0v) is 41.5. The van der Waals surface area contributed by atoms with Crippen LogP contribution < -0.4 is 18.9 Å². The largest absolute Gasteiger partial charge is 0.494 e. The van der Waals surface area contributed by atoms with E-state index in [2.05, 4.69) is 50.5 Å². The minimum absolute atomic E-state index is 0.00545. The maximum absolute atomic E-state index is 16.6. The van der Waals surface area contributed by atoms with Gasteiger partial charge in [-0.3, -0.25) is 4.79 Å². The number of carbonyl (C=O) groups is 4. The molecule has 4 aromatic carbocycles. The molecule has 6 aromatic rings. The molecule has 14 nitrogen and oxygen atoms in total. The van der Waals surface area contributed by atoms with Crippen LogP contribution in [0.25, 0.3) is 20.8 Å². The van der Waals surface area contributed by atoms with Crippen LogP contribution in [0.5, 0.6) is 23.0 Å². The summed E-state index contributed by atoms with van der Waals surface area (Å²) in [6, 6.07) is 21.1. The summed E-state index contributed by atoms with van der Waals surface area (Å²) >= 11 is 2.47. The zero-order valence-electron chi connectivity index (χ0n) is 39.9. The van der Waals surface area contributed by atoms with Crippen LogP contribution >= 0.6 is 22.7 Å². The number of esters is 4. The quantitative estimate of drug-likeness (QED) is 0.0140. The van der Waals surface area contributed by atoms with Crippen molar-refractivity contribution in [3.63, 3.8) is 0 Å². The molecule has 3 atom stereocenters. The van der Waals surface area contributed by atoms with Crippen LogP contribution in [-0.2, 0) is 30.2 Å². The van der Waals surface area contributed by atoms with Gasteiger partial charge in [0.25, 0.3) is 0 Å². The fraction of sp³-hybridized carbons (Fsp3) is 0.327. The molecule has 73 heavy (non-hydrogen) atoms. The van der Waals surface area contributed by atoms with Gasteiger partial charge in [0.05, 0.1) is 59.3 Å². The first-order valence-electron chi connectivity index (χ1n) is 23.9. The van der Waals surface area contributed by atoms with E-state index in [0.29, 0.717) is 53.5 Å². The van der Waals surface area contributed by atoms with Crippen LogP contribution in [0.15, 0.2) is 103 Å². The van der Waals surface area contributed by atoms with E-state index in [1.165, 1.54) is 35.6 Å². The maximum Gasteiger partial charge on any atom is 0.366 e. The predicted molar refractivity (Wildman–Crippen MR) is 269 cm³/mol. The van der Waals surface area contributed by atoms with Gasteiger partial charge in [0.1, 0.15) is 30.5 Å². The molecule has 0 radical (unpaired) electrons. The minimum Gasteiger partial charge on any atom is -0.494 e. The average Bonchev–Trinajstić information content (AvgIpc) is 4.24. The Kier molecular flexibility index (Phi) is 18.1. The second-order valence-corrected chi connectivity index (χ2v) is 19.1. The normalized spacial score (nSPS) is 15.4. The number of carbonyl (C=O) groups excluding carboxylic acids is 4. The molecule has 2 heterocycles. The van der Waals surface area contributed by atoms with Crippen LogP contribution in [0.4, 0.5) is 8.78 Å². The monoisotopic (exact) mass is 1030 g/mol. The zero-order chi connectivity index (χ0) is 51.1. The highest BCUT2D eigenvalue weighted by Gasteiger charge is 2.40. The van der Waals surface area contributed by atoms with Gasteiger partial charge >= 0.3 is 23.9 Å². The van der Waals surface area contributed by atoms with Crippen molar-refractivity contribution in [2.75, 3.05) is 39.6 Å². The van der Waals surface area contributed by atoms with Crippen molar-refractivity contribution in [2.24, 2.45) is 17.8 Å². The molecule has 2 bridgehead atoms. The highest BCUT2D eigenvalue weighted by Crippen LogP contribution is 2.45. The molecule has 0 amide bonds. The van der Waals surface area contributed by atoms with Gasteiger partial charge in [-0.15, -0.1) is 21.5 Å². The van der Waals surface area contributed by atoms with Crippen LogP contribution in [0, 0.1) is 35.4 Å². The summed E-state index contributed by atoms with van der Waals surface area (Å²) < 4.78 is 69.1. The number of para-hydroxylation sites is 1. The molecule has 18 heteroatoms. The summed E-state index contributed by atoms with van der Waals surface area (Å²) in [7, 11) is 0. The highest BCUT2D eigenvalue weighted by atomic mass is 32.1. The third-order valence-electron chi connectivity index (χ3n) is 11.9. The number of hydrogen-bond donors (Lipinski definition) is 0. The third-order valence-corrected chi connectivity index (χ3v) is 13.7. The van der Waals surface area contributed by atoms with Crippen molar-refractivity contribution in [2.45, 2.75) is 58.3 Å². The van der Waals surface area contributed by atoms with E-state index >= 15 is 4.39 Å². The van der Waals surface area contributed by atoms with E-state index in [0.717, 1.165) is 66.1 Å². The molecule has 2 aromatic heterocycles. The maximum atomic E-state index is 16.6. The number of rotatable bonds is 24. The number of nitrogens with zero attached hydrogens (tertiary/aromatic N) is 3. The summed E-state index contributed by atoms with van der Waals surface area (Å²) in [4.78, 5) is 55.6. The van der Waals surface area contributed by atoms with Crippen molar-refractivity contribution >= 4 is 56.8 Å². The second kappa shape index (κ2) is 25.4. The van der Waals surface area contributed by atoms with Crippen LogP contribution in [0.1, 0.15) is 88.2 Å². The predicted octanol–water partition coefficient (Wildman–Crippen LogP) is 10.9. The molecule has 3 unspecified atom stereocenters. The molecule has 8 rings (SSSR count). The summed E-state index contributed by atoms with van der Waals surface area (Å²) in [6.45, 7) is 5.74. The number of allylic oxidation sites excluding steroid dienone is 2. The van der Waals surface area contributed by atoms with Crippen molar-refractivity contribution in [1.29, 1.82) is 0 Å². The van der Waals surface area contributed by atoms with Gasteiger partial charge in [-0.1, -0.05) is 55.5 Å². The van der Waals surface area contributed by atoms with E-state index in [1.54, 1.807) is 24.3 Å². The first-order valence-corrected chi connectivity index (χ1v) is 25.6. The molecule has 378 valence electrons. The summed E-state index contributed by atoms with van der Waals surface area (Å²) in [5, 5.41) is 9.66. The third kappa shape index (κ3) is 14.0. The van der Waals surface area contributed by atoms with E-state index in [4.69, 9.17) is 28.4 Å². The molecule has 1 fully saturated rings. The molecule has 2 aliphatic rings. The van der Waals surface area contributed by atoms with Crippen LogP contribution in [-0.4, -0.2) is 78.7 Å². The van der Waals surface area contributed by atoms with Crippen molar-refractivity contribution in [1.82, 2.24) is 15.2 Å². The van der Waals surface area contributed by atoms with Gasteiger partial charge < -0.3 is 33.2 Å². The minimum atomic E-state index is -1.20. The summed E-state index contributed by atoms with van der Waals surface area (Å²) in [5.41, 5.74) is 1.51. The fourth-order valence-electron chi connectivity index (χ4n) is 8.33. The molecule has 1 saturated carbocycles. The number of unbranched alkanes of at least 4 members (excludes halogenated alkanes) is 3. The molecule has 0 N–H and O–H groups in total. The lowest BCUT2D eigenvalue weighted by Gasteiger charge is -2.18. The van der Waals surface area contributed by atoms with Gasteiger partial charge in [0.2, 0.25) is 5.83 Å². The van der Waals surface area contributed by atoms with Crippen LogP contribution in [0.2, 0.25) is 0 Å². The molecule has 2 aliphatic carbocycles. The Morgan fingerprint density at radius 2 is 1.42 bits per heavy atom. The van der Waals surface area contributed by atoms with Gasteiger partial charge in [-0.25, -0.2) is 23.8 Å². The number of aromatic nitrogens is 3. The lowest BCUT2D eigenvalue weighted by atomic mass is 9.94. The Labute approximate surface area is 428 Å². The Morgan fingerprint density at radius 1 is 0.740 bits per heavy atom. The number of thiazole rings is 1. The first-order chi connectivity index (χ1) is 35.5. The Bertz CT molecular complexity index is 3000. The van der Waals surface area contributed by atoms with Crippen LogP contribution in [0.3, 0.4) is 0 Å². The Balaban J connectivity index is 0.916. The van der Waals surface area contributed by atoms with Gasteiger partial charge in [0.15, 0.2) is 26.6 Å². The van der Waals surface area contributed by atoms with E-state index in [9.17, 15) is 23.6 Å². The van der Waals surface area contributed by atoms with Crippen molar-refractivity contribution < 1.29 is 61.1 Å². The topological polar surface area (TPSA) is 172 Å². The van der Waals surface area contributed by atoms with Gasteiger partial charge in [0, 0.05) is 11.6 Å². The smallest absolute Gasteiger partial charge is 0.366 e. The number of ether oxygens (including phenoxy) is 7. The molecular weight excluding hydrogens is 981 g/mol. The average molecular weight is 1030 g/mol. The molecule has 0 spiro atoms. The van der Waals surface area contributed by atoms with Crippen molar-refractivity contribution in [3.05, 3.63) is 136 Å². The van der Waals surface area contributed by atoms with Gasteiger partial charge in [-0.05, 0) is 129 Å². The van der Waals surface area contributed by atoms with E-state index in [1.807, 2.05) is 31.2 Å². The van der Waals surface area contributed by atoms with E-state index in [-0.39, 0.29) is 77.2 Å². The summed E-state index contributed by atoms with van der Waals surface area (Å²) in [6.07, 6.45) is 10.5. The second-order valence-electron chi connectivity index (χ2n) is 17.1. The SMILES string of the molecule is C=C(F)C(=O)OCCOCCOc1ccc(C(=O)Oc2cc(F)c(OC(=O)c3ccc(OCCCCCCOC(=O)C4CC5C=CC4C5)cc3)c(-c3nnc(C#Cc4nc5ccccc5s4)s3)c2CCC)cc1. The first kappa shape index (κ1) is 52.0. The number of benzene rings is 4. The number of halogens is 2. The number of fused-ring (bicyclic) bond motifs is 3. The molecular formula is C55H51F2N3O11S2. The Morgan fingerprint density at radius 3 is 2.11 bits per heavy atom. The fourth-order valence-corrected chi connectivity index (χ4v) is 9.91. The summed E-state index contributed by atoms with van der Waals surface area (Å²) in [5.74, 6) is 2.25. The highest BCUT2D eigenvalue weighted by molar-refractivity contribution is 7.19. The Hall–Kier alpha value is -7.33. The lowest BCUT2D eigenvalue weighted by molar-refractivity contribution is -0.149. The standard InChI is InChI=1S/C55H51F2N3O11S2/c1-3-10-41-45(70-53(62)36-15-21-40(22-16-36)67-29-27-65-28-30-69-52(61)34(2)56)33-43(57)50(49(41)51-60-59-48(73-51)24-23-47-58-44-11-6-7-12-46(44)72-47)71-54(63)37-17-19-39(20-18-37)66-25-8-4-5-9-26-68-55(64)42-32-35-13-14-38(42)31-35/h6-7,11-22,33,35,38,42H,2-5,8-10,25-32H2,1H3. The van der Waals surface area contributed by atoms with Gasteiger partial charge in [-0.2, -0.15) is 4.39 Å². The van der Waals surface area contributed by atoms with Crippen molar-refractivity contribution in [3.8, 4) is 45.4 Å². The number of hydrogen-bond acceptors (Lipinski definition) is 16.